The lowest BCUT2D eigenvalue weighted by Crippen LogP contribution is -2.41. The number of carbonyl (C=O) groups is 1. The molecule has 0 aromatic heterocycles. The molecular weight excluding hydrogens is 387 g/mol. The van der Waals surface area contributed by atoms with E-state index in [4.69, 9.17) is 8.92 Å². The number of hydrogen-bond donors (Lipinski definition) is 1. The van der Waals surface area contributed by atoms with Gasteiger partial charge < -0.3 is 19.1 Å². The Morgan fingerprint density at radius 3 is 2.32 bits per heavy atom. The van der Waals surface area contributed by atoms with Gasteiger partial charge in [0, 0.05) is 26.7 Å². The molecule has 0 unspecified atom stereocenters. The number of carbonyl (C=O) groups excluding carboxylic acids is 1. The van der Waals surface area contributed by atoms with E-state index < -0.39 is 15.9 Å². The zero-order valence-corrected chi connectivity index (χ0v) is 16.5. The fourth-order valence-electron chi connectivity index (χ4n) is 2.36. The molecule has 0 bridgehead atoms. The van der Waals surface area contributed by atoms with Crippen LogP contribution in [0.1, 0.15) is 12.5 Å². The molecule has 2 aromatic carbocycles. The zero-order valence-electron chi connectivity index (χ0n) is 15.7. The predicted octanol–water partition coefficient (Wildman–Crippen LogP) is 2.77. The number of nitrogens with zero attached hydrogens (tertiary/aromatic N) is 1. The Kier molecular flexibility index (Phi) is 7.77. The van der Waals surface area contributed by atoms with Gasteiger partial charge in [0.15, 0.2) is 0 Å². The Labute approximate surface area is 164 Å². The average Bonchev–Trinajstić information content (AvgIpc) is 2.66. The first-order chi connectivity index (χ1) is 13.4. The molecule has 7 nitrogen and oxygen atoms in total. The number of ether oxygens (including phenoxy) is 1. The monoisotopic (exact) mass is 410 g/mol. The lowest BCUT2D eigenvalue weighted by Gasteiger charge is -2.22. The molecule has 0 aliphatic rings. The van der Waals surface area contributed by atoms with E-state index in [1.54, 1.807) is 24.1 Å². The molecule has 2 aromatic rings. The molecular formula is C19H23FN2O5S. The summed E-state index contributed by atoms with van der Waals surface area (Å²) in [5.41, 5.74) is 0.800. The first kappa shape index (κ1) is 21.6. The summed E-state index contributed by atoms with van der Waals surface area (Å²) < 4.78 is 47.5. The summed E-state index contributed by atoms with van der Waals surface area (Å²) in [6, 6.07) is 10.5. The van der Waals surface area contributed by atoms with Crippen LogP contribution in [0, 0.1) is 5.82 Å². The largest absolute Gasteiger partial charge is 0.383 e. The van der Waals surface area contributed by atoms with E-state index >= 15 is 0 Å². The summed E-state index contributed by atoms with van der Waals surface area (Å²) in [4.78, 5) is 13.6. The number of urea groups is 1. The number of rotatable bonds is 9. The van der Waals surface area contributed by atoms with E-state index in [2.05, 4.69) is 5.32 Å². The van der Waals surface area contributed by atoms with E-state index in [0.717, 1.165) is 29.8 Å². The first-order valence-electron chi connectivity index (χ1n) is 8.66. The fourth-order valence-corrected chi connectivity index (χ4v) is 3.29. The van der Waals surface area contributed by atoms with Crippen LogP contribution in [-0.2, 0) is 21.4 Å². The third kappa shape index (κ3) is 6.21. The van der Waals surface area contributed by atoms with E-state index in [1.165, 1.54) is 12.1 Å². The quantitative estimate of drug-likeness (QED) is 0.643. The Hall–Kier alpha value is -2.65. The minimum absolute atomic E-state index is 0.120. The normalized spacial score (nSPS) is 11.1. The molecule has 0 spiro atoms. The summed E-state index contributed by atoms with van der Waals surface area (Å²) in [5.74, 6) is -0.414. The summed E-state index contributed by atoms with van der Waals surface area (Å²) in [7, 11) is -2.50. The van der Waals surface area contributed by atoms with Crippen LogP contribution >= 0.6 is 0 Å². The molecule has 0 radical (unpaired) electrons. The molecule has 0 atom stereocenters. The highest BCUT2D eigenvalue weighted by Gasteiger charge is 2.17. The number of halogens is 1. The van der Waals surface area contributed by atoms with Gasteiger partial charge >= 0.3 is 16.1 Å². The Morgan fingerprint density at radius 2 is 1.75 bits per heavy atom. The van der Waals surface area contributed by atoms with Crippen LogP contribution in [0.5, 0.6) is 5.75 Å². The Balaban J connectivity index is 2.07. The van der Waals surface area contributed by atoms with Gasteiger partial charge in [-0.1, -0.05) is 12.1 Å². The maximum Gasteiger partial charge on any atom is 0.339 e. The number of methoxy groups -OCH3 is 1. The fraction of sp³-hybridized carbons (Fsp3) is 0.316. The molecule has 1 N–H and O–H groups in total. The van der Waals surface area contributed by atoms with Crippen LogP contribution in [0.15, 0.2) is 53.4 Å². The maximum atomic E-state index is 13.0. The molecule has 2 amide bonds. The molecule has 0 saturated heterocycles. The van der Waals surface area contributed by atoms with Gasteiger partial charge in [0.1, 0.15) is 16.5 Å². The van der Waals surface area contributed by atoms with Gasteiger partial charge in [0.05, 0.1) is 6.61 Å². The second kappa shape index (κ2) is 10.0. The Morgan fingerprint density at radius 1 is 1.11 bits per heavy atom. The molecule has 0 fully saturated rings. The summed E-state index contributed by atoms with van der Waals surface area (Å²) >= 11 is 0. The maximum absolute atomic E-state index is 13.0. The van der Waals surface area contributed by atoms with Crippen molar-refractivity contribution >= 4 is 16.1 Å². The number of amides is 2. The van der Waals surface area contributed by atoms with Crippen LogP contribution in [0.2, 0.25) is 0 Å². The summed E-state index contributed by atoms with van der Waals surface area (Å²) in [6.07, 6.45) is 0. The number of nitrogens with one attached hydrogen (secondary N) is 1. The van der Waals surface area contributed by atoms with Crippen molar-refractivity contribution in [2.45, 2.75) is 18.4 Å². The second-order valence-electron chi connectivity index (χ2n) is 5.89. The standard InChI is InChI=1S/C19H23FN2O5S/c1-3-21-19(23)22(12-13-26-2)14-15-4-8-17(9-5-15)27-28(24,25)18-10-6-16(20)7-11-18/h4-11H,3,12-14H2,1-2H3,(H,21,23). The van der Waals surface area contributed by atoms with E-state index in [1.807, 2.05) is 6.92 Å². The van der Waals surface area contributed by atoms with Crippen LogP contribution in [0.4, 0.5) is 9.18 Å². The van der Waals surface area contributed by atoms with Gasteiger partial charge in [-0.2, -0.15) is 8.42 Å². The van der Waals surface area contributed by atoms with E-state index in [9.17, 15) is 17.6 Å². The average molecular weight is 410 g/mol. The van der Waals surface area contributed by atoms with Crippen molar-refractivity contribution in [2.75, 3.05) is 26.8 Å². The van der Waals surface area contributed by atoms with Crippen LogP contribution in [-0.4, -0.2) is 46.2 Å². The zero-order chi connectivity index (χ0) is 20.6. The van der Waals surface area contributed by atoms with Crippen molar-refractivity contribution in [2.24, 2.45) is 0 Å². The third-order valence-corrected chi connectivity index (χ3v) is 5.05. The van der Waals surface area contributed by atoms with Gasteiger partial charge in [-0.15, -0.1) is 0 Å². The second-order valence-corrected chi connectivity index (χ2v) is 7.43. The first-order valence-corrected chi connectivity index (χ1v) is 10.1. The van der Waals surface area contributed by atoms with E-state index in [-0.39, 0.29) is 16.7 Å². The molecule has 152 valence electrons. The summed E-state index contributed by atoms with van der Waals surface area (Å²) in [6.45, 7) is 3.49. The highest BCUT2D eigenvalue weighted by Crippen LogP contribution is 2.20. The van der Waals surface area contributed by atoms with Gasteiger partial charge in [-0.3, -0.25) is 0 Å². The minimum Gasteiger partial charge on any atom is -0.383 e. The van der Waals surface area contributed by atoms with Crippen molar-refractivity contribution in [1.82, 2.24) is 10.2 Å². The van der Waals surface area contributed by atoms with E-state index in [0.29, 0.717) is 26.2 Å². The molecule has 0 saturated carbocycles. The topological polar surface area (TPSA) is 84.9 Å². The molecule has 28 heavy (non-hydrogen) atoms. The van der Waals surface area contributed by atoms with Crippen LogP contribution in [0.3, 0.4) is 0 Å². The van der Waals surface area contributed by atoms with Crippen molar-refractivity contribution in [1.29, 1.82) is 0 Å². The van der Waals surface area contributed by atoms with Crippen molar-refractivity contribution in [3.05, 3.63) is 59.9 Å². The molecule has 9 heteroatoms. The summed E-state index contributed by atoms with van der Waals surface area (Å²) in [5, 5.41) is 2.74. The molecule has 0 aliphatic carbocycles. The number of benzene rings is 2. The van der Waals surface area contributed by atoms with Gasteiger partial charge in [-0.25, -0.2) is 9.18 Å². The molecule has 0 heterocycles. The van der Waals surface area contributed by atoms with Gasteiger partial charge in [0.2, 0.25) is 0 Å². The highest BCUT2D eigenvalue weighted by molar-refractivity contribution is 7.87. The lowest BCUT2D eigenvalue weighted by molar-refractivity contribution is 0.147. The van der Waals surface area contributed by atoms with Crippen molar-refractivity contribution in [3.8, 4) is 5.75 Å². The highest BCUT2D eigenvalue weighted by atomic mass is 32.2. The van der Waals surface area contributed by atoms with Crippen molar-refractivity contribution in [3.63, 3.8) is 0 Å². The minimum atomic E-state index is -4.06. The molecule has 0 aliphatic heterocycles. The predicted molar refractivity (Wildman–Crippen MR) is 102 cm³/mol. The van der Waals surface area contributed by atoms with Gasteiger partial charge in [-0.05, 0) is 48.9 Å². The SMILES string of the molecule is CCNC(=O)N(CCOC)Cc1ccc(OS(=O)(=O)c2ccc(F)cc2)cc1. The Bertz CT molecular complexity index is 870. The number of hydrogen-bond acceptors (Lipinski definition) is 5. The third-order valence-electron chi connectivity index (χ3n) is 3.79. The molecule has 2 rings (SSSR count). The smallest absolute Gasteiger partial charge is 0.339 e. The lowest BCUT2D eigenvalue weighted by atomic mass is 10.2. The van der Waals surface area contributed by atoms with Crippen LogP contribution < -0.4 is 9.50 Å². The van der Waals surface area contributed by atoms with Crippen LogP contribution in [0.25, 0.3) is 0 Å². The van der Waals surface area contributed by atoms with Crippen molar-refractivity contribution < 1.29 is 26.5 Å². The van der Waals surface area contributed by atoms with Gasteiger partial charge in [0.25, 0.3) is 0 Å².